The SMILES string of the molecule is CCCCCCCCCC(=O)NCC(=O)N(C)C1C(=O)NCC(=O)NC(C(=O)O)Cc2ccc(OCCN)c(c2)-c2cc1ccc2OCCN. The number of carbonyl (C=O) groups is 5. The van der Waals surface area contributed by atoms with Crippen LogP contribution in [0, 0.1) is 0 Å². The molecule has 0 spiro atoms. The van der Waals surface area contributed by atoms with Gasteiger partial charge >= 0.3 is 5.97 Å². The molecular weight excluding hydrogens is 644 g/mol. The number of hydrogen-bond donors (Lipinski definition) is 6. The number of fused-ring (bicyclic) bond motifs is 5. The molecule has 274 valence electrons. The molecule has 0 aliphatic carbocycles. The van der Waals surface area contributed by atoms with Gasteiger partial charge in [0.25, 0.3) is 0 Å². The molecule has 4 amide bonds. The van der Waals surface area contributed by atoms with Gasteiger partial charge in [0.1, 0.15) is 36.8 Å². The summed E-state index contributed by atoms with van der Waals surface area (Å²) in [5, 5.41) is 17.6. The first-order chi connectivity index (χ1) is 24.1. The van der Waals surface area contributed by atoms with E-state index in [1.807, 2.05) is 0 Å². The Labute approximate surface area is 293 Å². The monoisotopic (exact) mass is 696 g/mol. The Balaban J connectivity index is 1.97. The highest BCUT2D eigenvalue weighted by Crippen LogP contribution is 2.40. The number of nitrogens with two attached hydrogens (primary N) is 2. The number of unbranched alkanes of at least 4 members (excludes halogenated alkanes) is 6. The summed E-state index contributed by atoms with van der Waals surface area (Å²) in [6.45, 7) is 2.12. The zero-order valence-electron chi connectivity index (χ0n) is 29.1. The van der Waals surface area contributed by atoms with Crippen molar-refractivity contribution in [3.05, 3.63) is 47.5 Å². The first-order valence-corrected chi connectivity index (χ1v) is 17.3. The molecular formula is C36H52N6O8. The number of benzene rings is 2. The number of carboxylic acid groups (broad SMARTS) is 1. The fourth-order valence-electron chi connectivity index (χ4n) is 5.70. The Morgan fingerprint density at radius 1 is 0.920 bits per heavy atom. The van der Waals surface area contributed by atoms with Crippen molar-refractivity contribution >= 4 is 29.6 Å². The van der Waals surface area contributed by atoms with Crippen LogP contribution in [0.4, 0.5) is 0 Å². The first kappa shape index (κ1) is 39.7. The second kappa shape index (κ2) is 20.7. The molecule has 0 saturated heterocycles. The number of hydrogen-bond acceptors (Lipinski definition) is 9. The third-order valence-electron chi connectivity index (χ3n) is 8.37. The number of likely N-dealkylation sites (N-methyl/N-ethyl adjacent to an activating group) is 1. The summed E-state index contributed by atoms with van der Waals surface area (Å²) in [5.41, 5.74) is 13.4. The number of rotatable bonds is 18. The molecule has 1 aliphatic rings. The number of nitrogens with zero attached hydrogens (tertiary/aromatic N) is 1. The highest BCUT2D eigenvalue weighted by molar-refractivity contribution is 5.94. The van der Waals surface area contributed by atoms with Crippen molar-refractivity contribution in [3.63, 3.8) is 0 Å². The molecule has 50 heavy (non-hydrogen) atoms. The van der Waals surface area contributed by atoms with E-state index in [9.17, 15) is 29.1 Å². The van der Waals surface area contributed by atoms with E-state index >= 15 is 0 Å². The second-order valence-corrected chi connectivity index (χ2v) is 12.3. The normalized spacial score (nSPS) is 16.0. The van der Waals surface area contributed by atoms with E-state index in [4.69, 9.17) is 20.9 Å². The van der Waals surface area contributed by atoms with Crippen LogP contribution in [-0.2, 0) is 30.4 Å². The van der Waals surface area contributed by atoms with E-state index in [0.717, 1.165) is 25.7 Å². The van der Waals surface area contributed by atoms with Crippen molar-refractivity contribution in [1.82, 2.24) is 20.9 Å². The van der Waals surface area contributed by atoms with E-state index in [1.54, 1.807) is 36.4 Å². The van der Waals surface area contributed by atoms with Gasteiger partial charge in [-0.25, -0.2) is 4.79 Å². The fourth-order valence-corrected chi connectivity index (χ4v) is 5.70. The largest absolute Gasteiger partial charge is 0.492 e. The average Bonchev–Trinajstić information content (AvgIpc) is 3.10. The minimum absolute atomic E-state index is 0.0532. The molecule has 14 heteroatoms. The molecule has 2 atom stereocenters. The van der Waals surface area contributed by atoms with E-state index in [1.165, 1.54) is 31.2 Å². The van der Waals surface area contributed by atoms with Crippen molar-refractivity contribution < 1.29 is 38.6 Å². The highest BCUT2D eigenvalue weighted by Gasteiger charge is 2.31. The van der Waals surface area contributed by atoms with Crippen molar-refractivity contribution in [3.8, 4) is 22.6 Å². The third-order valence-corrected chi connectivity index (χ3v) is 8.37. The minimum atomic E-state index is -1.30. The van der Waals surface area contributed by atoms with E-state index in [0.29, 0.717) is 40.2 Å². The lowest BCUT2D eigenvalue weighted by atomic mass is 9.94. The summed E-state index contributed by atoms with van der Waals surface area (Å²) in [7, 11) is 1.44. The quantitative estimate of drug-likeness (QED) is 0.125. The number of carbonyl (C=O) groups excluding carboxylic acids is 4. The van der Waals surface area contributed by atoms with Crippen LogP contribution in [0.3, 0.4) is 0 Å². The topological polar surface area (TPSA) is 215 Å². The molecule has 0 radical (unpaired) electrons. The van der Waals surface area contributed by atoms with Crippen molar-refractivity contribution in [2.75, 3.05) is 46.4 Å². The first-order valence-electron chi connectivity index (χ1n) is 17.3. The molecule has 8 N–H and O–H groups in total. The van der Waals surface area contributed by atoms with Gasteiger partial charge in [0.05, 0.1) is 13.1 Å². The lowest BCUT2D eigenvalue weighted by molar-refractivity contribution is -0.142. The van der Waals surface area contributed by atoms with E-state index < -0.39 is 42.3 Å². The van der Waals surface area contributed by atoms with Gasteiger partial charge in [0.15, 0.2) is 0 Å². The van der Waals surface area contributed by atoms with Gasteiger partial charge < -0.3 is 46.9 Å². The van der Waals surface area contributed by atoms with Gasteiger partial charge in [-0.2, -0.15) is 0 Å². The summed E-state index contributed by atoms with van der Waals surface area (Å²) in [4.78, 5) is 65.9. The average molecular weight is 697 g/mol. The molecule has 4 bridgehead atoms. The molecule has 1 aliphatic heterocycles. The molecule has 2 aromatic carbocycles. The summed E-state index contributed by atoms with van der Waals surface area (Å²) < 4.78 is 11.9. The summed E-state index contributed by atoms with van der Waals surface area (Å²) in [6, 6.07) is 7.56. The van der Waals surface area contributed by atoms with E-state index in [-0.39, 0.29) is 45.2 Å². The van der Waals surface area contributed by atoms with Crippen LogP contribution in [0.1, 0.15) is 75.5 Å². The molecule has 1 heterocycles. The fraction of sp³-hybridized carbons (Fsp3) is 0.528. The molecule has 14 nitrogen and oxygen atoms in total. The third kappa shape index (κ3) is 12.0. The number of amides is 4. The Morgan fingerprint density at radius 3 is 2.18 bits per heavy atom. The smallest absolute Gasteiger partial charge is 0.326 e. The van der Waals surface area contributed by atoms with Crippen molar-refractivity contribution in [2.24, 2.45) is 11.5 Å². The second-order valence-electron chi connectivity index (χ2n) is 12.3. The molecule has 2 unspecified atom stereocenters. The number of aliphatic carboxylic acids is 1. The summed E-state index contributed by atoms with van der Waals surface area (Å²) in [6.07, 6.45) is 7.66. The van der Waals surface area contributed by atoms with Crippen LogP contribution in [-0.4, -0.2) is 92.1 Å². The van der Waals surface area contributed by atoms with Crippen LogP contribution in [0.25, 0.3) is 11.1 Å². The highest BCUT2D eigenvalue weighted by atomic mass is 16.5. The number of carboxylic acids is 1. The van der Waals surface area contributed by atoms with Gasteiger partial charge in [-0.1, -0.05) is 57.6 Å². The number of ether oxygens (including phenoxy) is 2. The zero-order valence-corrected chi connectivity index (χ0v) is 29.1. The van der Waals surface area contributed by atoms with Crippen LogP contribution >= 0.6 is 0 Å². The maximum atomic E-state index is 13.8. The molecule has 0 aromatic heterocycles. The molecule has 0 saturated carbocycles. The van der Waals surface area contributed by atoms with Gasteiger partial charge in [-0.15, -0.1) is 0 Å². The van der Waals surface area contributed by atoms with Crippen LogP contribution in [0.5, 0.6) is 11.5 Å². The molecule has 0 fully saturated rings. The van der Waals surface area contributed by atoms with Gasteiger partial charge in [0, 0.05) is 44.1 Å². The summed E-state index contributed by atoms with van der Waals surface area (Å²) >= 11 is 0. The maximum Gasteiger partial charge on any atom is 0.326 e. The van der Waals surface area contributed by atoms with Crippen LogP contribution in [0.2, 0.25) is 0 Å². The number of nitrogens with one attached hydrogen (secondary N) is 3. The standard InChI is InChI=1S/C36H52N6O8/c1-3-4-5-6-7-8-9-10-31(43)39-23-33(45)42(2)34-25-12-14-30(50-18-16-38)27(21-25)26-19-24(11-13-29(26)49-17-15-37)20-28(36(47)48)41-32(44)22-40-35(34)46/h11-14,19,21,28,34H,3-10,15-18,20,22-23,37-38H2,1-2H3,(H,39,43)(H,40,46)(H,41,44)(H,47,48). The Hall–Kier alpha value is -4.69. The van der Waals surface area contributed by atoms with E-state index in [2.05, 4.69) is 22.9 Å². The van der Waals surface area contributed by atoms with Crippen LogP contribution in [0.15, 0.2) is 36.4 Å². The van der Waals surface area contributed by atoms with Gasteiger partial charge in [-0.3, -0.25) is 19.2 Å². The van der Waals surface area contributed by atoms with Crippen molar-refractivity contribution in [1.29, 1.82) is 0 Å². The maximum absolute atomic E-state index is 13.8. The predicted octanol–water partition coefficient (Wildman–Crippen LogP) is 2.03. The summed E-state index contributed by atoms with van der Waals surface area (Å²) in [5.74, 6) is -2.62. The van der Waals surface area contributed by atoms with Gasteiger partial charge in [0.2, 0.25) is 23.6 Å². The van der Waals surface area contributed by atoms with Gasteiger partial charge in [-0.05, 0) is 41.8 Å². The zero-order chi connectivity index (χ0) is 36.5. The lowest BCUT2D eigenvalue weighted by Gasteiger charge is -2.29. The van der Waals surface area contributed by atoms with Crippen molar-refractivity contribution in [2.45, 2.75) is 76.8 Å². The molecule has 3 rings (SSSR count). The lowest BCUT2D eigenvalue weighted by Crippen LogP contribution is -2.49. The molecule has 2 aromatic rings. The predicted molar refractivity (Wildman–Crippen MR) is 188 cm³/mol. The van der Waals surface area contributed by atoms with Crippen LogP contribution < -0.4 is 36.9 Å². The Bertz CT molecular complexity index is 1470. The Morgan fingerprint density at radius 2 is 1.54 bits per heavy atom. The minimum Gasteiger partial charge on any atom is -0.492 e. The Kier molecular flexibility index (Phi) is 16.5.